The zero-order chi connectivity index (χ0) is 14.7. The molecular weight excluding hydrogens is 266 g/mol. The van der Waals surface area contributed by atoms with Crippen molar-refractivity contribution >= 4 is 17.3 Å². The van der Waals surface area contributed by atoms with Crippen LogP contribution in [0.25, 0.3) is 5.65 Å². The van der Waals surface area contributed by atoms with E-state index in [1.807, 2.05) is 16.8 Å². The van der Waals surface area contributed by atoms with Gasteiger partial charge in [-0.25, -0.2) is 9.97 Å². The lowest BCUT2D eigenvalue weighted by molar-refractivity contribution is 0.253. The van der Waals surface area contributed by atoms with Gasteiger partial charge in [0.25, 0.3) is 0 Å². The Bertz CT molecular complexity index is 605. The van der Waals surface area contributed by atoms with E-state index >= 15 is 0 Å². The third-order valence-electron chi connectivity index (χ3n) is 4.16. The molecule has 0 spiro atoms. The molecule has 0 saturated heterocycles. The summed E-state index contributed by atoms with van der Waals surface area (Å²) in [5, 5.41) is 15.9. The van der Waals surface area contributed by atoms with Crippen molar-refractivity contribution < 1.29 is 5.11 Å². The Labute approximate surface area is 124 Å². The predicted molar refractivity (Wildman–Crippen MR) is 83.6 cm³/mol. The number of fused-ring (bicyclic) bond motifs is 1. The zero-order valence-electron chi connectivity index (χ0n) is 12.5. The highest BCUT2D eigenvalue weighted by atomic mass is 16.3. The third kappa shape index (κ3) is 3.10. The van der Waals surface area contributed by atoms with Crippen molar-refractivity contribution in [1.29, 1.82) is 0 Å². The molecule has 2 heterocycles. The molecule has 2 aromatic heterocycles. The average Bonchev–Trinajstić information content (AvgIpc) is 3.09. The van der Waals surface area contributed by atoms with Crippen LogP contribution in [0.5, 0.6) is 0 Å². The van der Waals surface area contributed by atoms with Crippen LogP contribution in [0.3, 0.4) is 0 Å². The minimum atomic E-state index is 0.256. The van der Waals surface area contributed by atoms with Crippen molar-refractivity contribution in [2.24, 2.45) is 5.41 Å². The SMILES string of the molecule is CCCNc1cn2ccnc2c(NCC2(CCO)CC2)n1. The first kappa shape index (κ1) is 14.1. The van der Waals surface area contributed by atoms with E-state index in [4.69, 9.17) is 5.11 Å². The highest BCUT2D eigenvalue weighted by Gasteiger charge is 2.41. The van der Waals surface area contributed by atoms with Crippen molar-refractivity contribution in [3.05, 3.63) is 18.6 Å². The quantitative estimate of drug-likeness (QED) is 0.694. The summed E-state index contributed by atoms with van der Waals surface area (Å²) < 4.78 is 1.99. The number of anilines is 2. The molecule has 0 bridgehead atoms. The van der Waals surface area contributed by atoms with E-state index in [1.165, 1.54) is 12.8 Å². The fourth-order valence-corrected chi connectivity index (χ4v) is 2.59. The fourth-order valence-electron chi connectivity index (χ4n) is 2.59. The number of nitrogens with one attached hydrogen (secondary N) is 2. The third-order valence-corrected chi connectivity index (χ3v) is 4.16. The van der Waals surface area contributed by atoms with Crippen LogP contribution < -0.4 is 10.6 Å². The molecule has 0 unspecified atom stereocenters. The highest BCUT2D eigenvalue weighted by Crippen LogP contribution is 2.48. The molecule has 0 atom stereocenters. The Morgan fingerprint density at radius 3 is 2.95 bits per heavy atom. The van der Waals surface area contributed by atoms with Crippen molar-refractivity contribution in [2.75, 3.05) is 30.3 Å². The summed E-state index contributed by atoms with van der Waals surface area (Å²) in [5.74, 6) is 1.67. The number of hydrogen-bond acceptors (Lipinski definition) is 5. The van der Waals surface area contributed by atoms with E-state index in [-0.39, 0.29) is 12.0 Å². The largest absolute Gasteiger partial charge is 0.396 e. The van der Waals surface area contributed by atoms with Crippen molar-refractivity contribution in [1.82, 2.24) is 14.4 Å². The van der Waals surface area contributed by atoms with Crippen LogP contribution in [0.15, 0.2) is 18.6 Å². The zero-order valence-corrected chi connectivity index (χ0v) is 12.5. The van der Waals surface area contributed by atoms with Crippen LogP contribution in [0.1, 0.15) is 32.6 Å². The van der Waals surface area contributed by atoms with Gasteiger partial charge in [0.1, 0.15) is 5.82 Å². The van der Waals surface area contributed by atoms with E-state index in [0.717, 1.165) is 43.2 Å². The Hall–Kier alpha value is -1.82. The molecule has 2 aromatic rings. The molecule has 6 nitrogen and oxygen atoms in total. The number of nitrogens with zero attached hydrogens (tertiary/aromatic N) is 3. The molecule has 114 valence electrons. The van der Waals surface area contributed by atoms with Gasteiger partial charge in [0.15, 0.2) is 11.5 Å². The Balaban J connectivity index is 1.77. The maximum absolute atomic E-state index is 9.15. The molecule has 1 aliphatic carbocycles. The maximum Gasteiger partial charge on any atom is 0.180 e. The van der Waals surface area contributed by atoms with Gasteiger partial charge in [0.2, 0.25) is 0 Å². The van der Waals surface area contributed by atoms with Gasteiger partial charge in [-0.05, 0) is 31.1 Å². The Morgan fingerprint density at radius 2 is 2.24 bits per heavy atom. The number of aromatic nitrogens is 3. The number of aliphatic hydroxyl groups excluding tert-OH is 1. The van der Waals surface area contributed by atoms with E-state index in [1.54, 1.807) is 6.20 Å². The normalized spacial score (nSPS) is 16.1. The molecule has 0 aromatic carbocycles. The fraction of sp³-hybridized carbons (Fsp3) is 0.600. The number of hydrogen-bond donors (Lipinski definition) is 3. The molecule has 1 fully saturated rings. The minimum absolute atomic E-state index is 0.256. The predicted octanol–water partition coefficient (Wildman–Crippen LogP) is 2.13. The topological polar surface area (TPSA) is 74.5 Å². The first-order chi connectivity index (χ1) is 10.3. The summed E-state index contributed by atoms with van der Waals surface area (Å²) in [4.78, 5) is 9.00. The van der Waals surface area contributed by atoms with Crippen molar-refractivity contribution in [3.63, 3.8) is 0 Å². The van der Waals surface area contributed by atoms with Crippen LogP contribution in [0.4, 0.5) is 11.6 Å². The molecule has 0 amide bonds. The van der Waals surface area contributed by atoms with Gasteiger partial charge in [-0.15, -0.1) is 0 Å². The van der Waals surface area contributed by atoms with E-state index < -0.39 is 0 Å². The monoisotopic (exact) mass is 289 g/mol. The van der Waals surface area contributed by atoms with Gasteiger partial charge in [0, 0.05) is 32.1 Å². The van der Waals surface area contributed by atoms with E-state index in [0.29, 0.717) is 0 Å². The van der Waals surface area contributed by atoms with Crippen LogP contribution in [-0.4, -0.2) is 39.2 Å². The van der Waals surface area contributed by atoms with Crippen LogP contribution in [0, 0.1) is 5.41 Å². The lowest BCUT2D eigenvalue weighted by Gasteiger charge is -2.16. The van der Waals surface area contributed by atoms with Crippen molar-refractivity contribution in [3.8, 4) is 0 Å². The lowest BCUT2D eigenvalue weighted by atomic mass is 10.0. The summed E-state index contributed by atoms with van der Waals surface area (Å²) in [6, 6.07) is 0. The molecular formula is C15H23N5O. The molecule has 3 N–H and O–H groups in total. The smallest absolute Gasteiger partial charge is 0.180 e. The second-order valence-electron chi connectivity index (χ2n) is 5.89. The van der Waals surface area contributed by atoms with Crippen LogP contribution >= 0.6 is 0 Å². The first-order valence-corrected chi connectivity index (χ1v) is 7.69. The molecule has 0 aliphatic heterocycles. The Kier molecular flexibility index (Phi) is 3.96. The second kappa shape index (κ2) is 5.89. The molecule has 21 heavy (non-hydrogen) atoms. The summed E-state index contributed by atoms with van der Waals surface area (Å²) in [6.45, 7) is 4.14. The molecule has 6 heteroatoms. The summed E-state index contributed by atoms with van der Waals surface area (Å²) in [6.07, 6.45) is 9.96. The summed E-state index contributed by atoms with van der Waals surface area (Å²) >= 11 is 0. The van der Waals surface area contributed by atoms with Gasteiger partial charge >= 0.3 is 0 Å². The molecule has 0 radical (unpaired) electrons. The van der Waals surface area contributed by atoms with Gasteiger partial charge in [-0.1, -0.05) is 6.92 Å². The van der Waals surface area contributed by atoms with Crippen LogP contribution in [0.2, 0.25) is 0 Å². The maximum atomic E-state index is 9.15. The second-order valence-corrected chi connectivity index (χ2v) is 5.89. The average molecular weight is 289 g/mol. The lowest BCUT2D eigenvalue weighted by Crippen LogP contribution is -2.18. The van der Waals surface area contributed by atoms with Gasteiger partial charge in [-0.3, -0.25) is 0 Å². The van der Waals surface area contributed by atoms with E-state index in [9.17, 15) is 0 Å². The highest BCUT2D eigenvalue weighted by molar-refractivity contribution is 5.65. The van der Waals surface area contributed by atoms with Crippen LogP contribution in [-0.2, 0) is 0 Å². The number of imidazole rings is 1. The van der Waals surface area contributed by atoms with E-state index in [2.05, 4.69) is 27.5 Å². The van der Waals surface area contributed by atoms with Gasteiger partial charge in [-0.2, -0.15) is 0 Å². The van der Waals surface area contributed by atoms with Gasteiger partial charge < -0.3 is 20.1 Å². The number of aliphatic hydroxyl groups is 1. The summed E-state index contributed by atoms with van der Waals surface area (Å²) in [7, 11) is 0. The minimum Gasteiger partial charge on any atom is -0.396 e. The summed E-state index contributed by atoms with van der Waals surface area (Å²) in [5.41, 5.74) is 1.10. The standard InChI is InChI=1S/C15H23N5O/c1-2-6-16-12-10-20-8-7-17-14(20)13(19-12)18-11-15(3-4-15)5-9-21/h7-8,10,16,21H,2-6,9,11H2,1H3,(H,18,19). The molecule has 1 saturated carbocycles. The van der Waals surface area contributed by atoms with Crippen molar-refractivity contribution in [2.45, 2.75) is 32.6 Å². The first-order valence-electron chi connectivity index (χ1n) is 7.69. The number of rotatable bonds is 8. The Morgan fingerprint density at radius 1 is 1.38 bits per heavy atom. The molecule has 1 aliphatic rings. The van der Waals surface area contributed by atoms with Gasteiger partial charge in [0.05, 0.1) is 6.20 Å². The molecule has 3 rings (SSSR count).